The van der Waals surface area contributed by atoms with Crippen molar-refractivity contribution in [3.05, 3.63) is 34.1 Å². The van der Waals surface area contributed by atoms with Crippen LogP contribution in [0.4, 0.5) is 4.39 Å². The van der Waals surface area contributed by atoms with E-state index in [1.165, 1.54) is 12.1 Å². The van der Waals surface area contributed by atoms with Gasteiger partial charge in [0.1, 0.15) is 5.82 Å². The summed E-state index contributed by atoms with van der Waals surface area (Å²) in [6.07, 6.45) is 0.956. The molecule has 0 saturated carbocycles. The molecule has 1 rings (SSSR count). The molecule has 0 spiro atoms. The maximum Gasteiger partial charge on any atom is 0.252 e. The minimum Gasteiger partial charge on any atom is -0.351 e. The van der Waals surface area contributed by atoms with Gasteiger partial charge in [-0.05, 0) is 39.9 Å². The molecular weight excluding hydrogens is 365 g/mol. The van der Waals surface area contributed by atoms with Gasteiger partial charge in [-0.3, -0.25) is 4.79 Å². The summed E-state index contributed by atoms with van der Waals surface area (Å²) in [4.78, 5) is 11.9. The third-order valence-electron chi connectivity index (χ3n) is 2.69. The molecule has 1 N–H and O–H groups in total. The summed E-state index contributed by atoms with van der Waals surface area (Å²) in [5.41, 5.74) is 0.337. The molecule has 18 heavy (non-hydrogen) atoms. The van der Waals surface area contributed by atoms with Crippen molar-refractivity contribution in [2.45, 2.75) is 20.3 Å². The maximum absolute atomic E-state index is 13.3. The van der Waals surface area contributed by atoms with Crippen LogP contribution in [-0.2, 0) is 0 Å². The third kappa shape index (κ3) is 4.35. The average Bonchev–Trinajstić information content (AvgIpc) is 2.30. The minimum absolute atomic E-state index is 0.0129. The van der Waals surface area contributed by atoms with E-state index >= 15 is 0 Å². The predicted molar refractivity (Wildman–Crippen MR) is 78.6 cm³/mol. The molecule has 0 aromatic heterocycles. The van der Waals surface area contributed by atoms with E-state index < -0.39 is 5.82 Å². The number of alkyl halides is 1. The van der Waals surface area contributed by atoms with Gasteiger partial charge in [0.15, 0.2) is 0 Å². The lowest BCUT2D eigenvalue weighted by atomic mass is 9.90. The first-order valence-corrected chi connectivity index (χ1v) is 7.57. The van der Waals surface area contributed by atoms with Crippen molar-refractivity contribution in [1.82, 2.24) is 5.32 Å². The van der Waals surface area contributed by atoms with Gasteiger partial charge in [-0.2, -0.15) is 0 Å². The van der Waals surface area contributed by atoms with Crippen molar-refractivity contribution in [2.75, 3.05) is 11.9 Å². The molecule has 0 saturated heterocycles. The van der Waals surface area contributed by atoms with Crippen LogP contribution in [0.25, 0.3) is 0 Å². The Labute approximate surface area is 124 Å². The fraction of sp³-hybridized carbons (Fsp3) is 0.462. The summed E-state index contributed by atoms with van der Waals surface area (Å²) < 4.78 is 13.5. The SMILES string of the molecule is CC(C)(CCBr)CNC(=O)c1cccc(F)c1Br. The van der Waals surface area contributed by atoms with E-state index in [9.17, 15) is 9.18 Å². The highest BCUT2D eigenvalue weighted by molar-refractivity contribution is 9.10. The quantitative estimate of drug-likeness (QED) is 0.764. The van der Waals surface area contributed by atoms with E-state index in [-0.39, 0.29) is 15.8 Å². The van der Waals surface area contributed by atoms with E-state index in [2.05, 4.69) is 51.0 Å². The van der Waals surface area contributed by atoms with Crippen LogP contribution in [0.3, 0.4) is 0 Å². The van der Waals surface area contributed by atoms with Gasteiger partial charge in [-0.25, -0.2) is 4.39 Å². The van der Waals surface area contributed by atoms with Gasteiger partial charge in [0.05, 0.1) is 10.0 Å². The molecule has 0 heterocycles. The number of amides is 1. The Morgan fingerprint density at radius 2 is 2.11 bits per heavy atom. The van der Waals surface area contributed by atoms with Crippen molar-refractivity contribution in [1.29, 1.82) is 0 Å². The lowest BCUT2D eigenvalue weighted by molar-refractivity contribution is 0.0934. The highest BCUT2D eigenvalue weighted by Gasteiger charge is 2.19. The van der Waals surface area contributed by atoms with E-state index in [4.69, 9.17) is 0 Å². The number of carbonyl (C=O) groups is 1. The topological polar surface area (TPSA) is 29.1 Å². The van der Waals surface area contributed by atoms with Crippen LogP contribution in [0.15, 0.2) is 22.7 Å². The maximum atomic E-state index is 13.3. The van der Waals surface area contributed by atoms with Crippen LogP contribution >= 0.6 is 31.9 Å². The number of hydrogen-bond donors (Lipinski definition) is 1. The Bertz CT molecular complexity index is 435. The minimum atomic E-state index is -0.428. The Hall–Kier alpha value is -0.420. The highest BCUT2D eigenvalue weighted by atomic mass is 79.9. The molecule has 1 amide bonds. The molecule has 100 valence electrons. The second kappa shape index (κ2) is 6.66. The summed E-state index contributed by atoms with van der Waals surface area (Å²) in [6.45, 7) is 4.71. The van der Waals surface area contributed by atoms with E-state index in [0.29, 0.717) is 12.1 Å². The van der Waals surface area contributed by atoms with Crippen LogP contribution in [0, 0.1) is 11.2 Å². The Morgan fingerprint density at radius 3 is 2.72 bits per heavy atom. The monoisotopic (exact) mass is 379 g/mol. The fourth-order valence-electron chi connectivity index (χ4n) is 1.44. The van der Waals surface area contributed by atoms with E-state index in [1.54, 1.807) is 6.07 Å². The van der Waals surface area contributed by atoms with Crippen LogP contribution in [0.1, 0.15) is 30.6 Å². The van der Waals surface area contributed by atoms with Crippen LogP contribution in [-0.4, -0.2) is 17.8 Å². The Kier molecular flexibility index (Phi) is 5.79. The molecule has 0 atom stereocenters. The Morgan fingerprint density at radius 1 is 1.44 bits per heavy atom. The number of halogens is 3. The molecule has 5 heteroatoms. The van der Waals surface area contributed by atoms with Crippen molar-refractivity contribution in [3.8, 4) is 0 Å². The summed E-state index contributed by atoms with van der Waals surface area (Å²) in [5.74, 6) is -0.689. The van der Waals surface area contributed by atoms with Crippen molar-refractivity contribution in [2.24, 2.45) is 5.41 Å². The van der Waals surface area contributed by atoms with Gasteiger partial charge in [-0.1, -0.05) is 35.8 Å². The van der Waals surface area contributed by atoms with Gasteiger partial charge < -0.3 is 5.32 Å². The molecule has 0 unspecified atom stereocenters. The summed E-state index contributed by atoms with van der Waals surface area (Å²) in [6, 6.07) is 4.44. The molecule has 0 fully saturated rings. The summed E-state index contributed by atoms with van der Waals surface area (Å²) >= 11 is 6.48. The third-order valence-corrected chi connectivity index (χ3v) is 3.90. The smallest absolute Gasteiger partial charge is 0.252 e. The first-order chi connectivity index (χ1) is 8.37. The fourth-order valence-corrected chi connectivity index (χ4v) is 2.96. The van der Waals surface area contributed by atoms with Crippen molar-refractivity contribution in [3.63, 3.8) is 0 Å². The zero-order valence-corrected chi connectivity index (χ0v) is 13.6. The number of benzene rings is 1. The van der Waals surface area contributed by atoms with Gasteiger partial charge in [-0.15, -0.1) is 0 Å². The number of carbonyl (C=O) groups excluding carboxylic acids is 1. The zero-order chi connectivity index (χ0) is 13.8. The molecule has 0 aliphatic heterocycles. The van der Waals surface area contributed by atoms with Crippen molar-refractivity contribution >= 4 is 37.8 Å². The molecular formula is C13H16Br2FNO. The number of hydrogen-bond acceptors (Lipinski definition) is 1. The molecule has 1 aromatic rings. The van der Waals surface area contributed by atoms with Gasteiger partial charge >= 0.3 is 0 Å². The number of rotatable bonds is 5. The highest BCUT2D eigenvalue weighted by Crippen LogP contribution is 2.22. The predicted octanol–water partition coefficient (Wildman–Crippen LogP) is 4.13. The second-order valence-corrected chi connectivity index (χ2v) is 6.47. The Balaban J connectivity index is 2.69. The molecule has 0 aliphatic carbocycles. The number of nitrogens with one attached hydrogen (secondary N) is 1. The molecule has 2 nitrogen and oxygen atoms in total. The second-order valence-electron chi connectivity index (χ2n) is 4.89. The summed E-state index contributed by atoms with van der Waals surface area (Å²) in [5, 5.41) is 3.72. The lowest BCUT2D eigenvalue weighted by Crippen LogP contribution is -2.34. The van der Waals surface area contributed by atoms with Crippen LogP contribution in [0.2, 0.25) is 0 Å². The zero-order valence-electron chi connectivity index (χ0n) is 10.4. The van der Waals surface area contributed by atoms with Gasteiger partial charge in [0.25, 0.3) is 5.91 Å². The standard InChI is InChI=1S/C13H16Br2FNO/c1-13(2,6-7-14)8-17-12(18)9-4-3-5-10(16)11(9)15/h3-5H,6-8H2,1-2H3,(H,17,18). The molecule has 0 bridgehead atoms. The summed E-state index contributed by atoms with van der Waals surface area (Å²) in [7, 11) is 0. The average molecular weight is 381 g/mol. The van der Waals surface area contributed by atoms with Gasteiger partial charge in [0, 0.05) is 11.9 Å². The molecule has 1 aromatic carbocycles. The van der Waals surface area contributed by atoms with E-state index in [1.807, 2.05) is 0 Å². The molecule has 0 aliphatic rings. The largest absolute Gasteiger partial charge is 0.351 e. The van der Waals surface area contributed by atoms with E-state index in [0.717, 1.165) is 11.8 Å². The van der Waals surface area contributed by atoms with Crippen molar-refractivity contribution < 1.29 is 9.18 Å². The van der Waals surface area contributed by atoms with Gasteiger partial charge in [0.2, 0.25) is 0 Å². The molecule has 0 radical (unpaired) electrons. The first-order valence-electron chi connectivity index (χ1n) is 5.65. The first kappa shape index (κ1) is 15.6. The normalized spacial score (nSPS) is 11.4. The lowest BCUT2D eigenvalue weighted by Gasteiger charge is -2.24. The van der Waals surface area contributed by atoms with Crippen LogP contribution in [0.5, 0.6) is 0 Å². The van der Waals surface area contributed by atoms with Crippen LogP contribution < -0.4 is 5.32 Å².